The van der Waals surface area contributed by atoms with Crippen LogP contribution in [0.15, 0.2) is 36.4 Å². The summed E-state index contributed by atoms with van der Waals surface area (Å²) in [6, 6.07) is 9.74. The van der Waals surface area contributed by atoms with Crippen molar-refractivity contribution in [3.63, 3.8) is 0 Å². The van der Waals surface area contributed by atoms with E-state index in [4.69, 9.17) is 5.73 Å². The lowest BCUT2D eigenvalue weighted by Crippen LogP contribution is -2.30. The number of carbonyl (C=O) groups excluding carboxylic acids is 1. The van der Waals surface area contributed by atoms with E-state index in [2.05, 4.69) is 5.32 Å². The zero-order valence-electron chi connectivity index (χ0n) is 14.0. The number of anilines is 1. The summed E-state index contributed by atoms with van der Waals surface area (Å²) in [7, 11) is 0. The van der Waals surface area contributed by atoms with E-state index in [1.54, 1.807) is 6.07 Å². The van der Waals surface area contributed by atoms with Crippen LogP contribution >= 0.6 is 0 Å². The number of benzene rings is 2. The summed E-state index contributed by atoms with van der Waals surface area (Å²) in [5.74, 6) is -1.71. The summed E-state index contributed by atoms with van der Waals surface area (Å²) < 4.78 is 26.1. The first-order valence-corrected chi connectivity index (χ1v) is 8.64. The second-order valence-electron chi connectivity index (χ2n) is 6.57. The van der Waals surface area contributed by atoms with E-state index in [1.165, 1.54) is 11.6 Å². The molecule has 0 fully saturated rings. The molecular weight excluding hydrogens is 322 g/mol. The molecule has 132 valence electrons. The van der Waals surface area contributed by atoms with Crippen molar-refractivity contribution in [3.8, 4) is 0 Å². The van der Waals surface area contributed by atoms with Crippen LogP contribution in [0.25, 0.3) is 0 Å². The zero-order valence-corrected chi connectivity index (χ0v) is 14.0. The van der Waals surface area contributed by atoms with Crippen LogP contribution in [-0.2, 0) is 17.6 Å². The minimum atomic E-state index is -0.849. The number of fused-ring (bicyclic) bond motifs is 1. The standard InChI is InChI=1S/C20H22F2N2O/c21-17-10-7-13(11-18(17)22)3-1-6-20(25)24-19-5-2-4-14-12-15(23)8-9-16(14)19/h7-12,19H,1-6,23H2,(H,24,25). The summed E-state index contributed by atoms with van der Waals surface area (Å²) in [4.78, 5) is 12.2. The van der Waals surface area contributed by atoms with Gasteiger partial charge in [0.1, 0.15) is 0 Å². The monoisotopic (exact) mass is 344 g/mol. The van der Waals surface area contributed by atoms with Crippen LogP contribution in [0.4, 0.5) is 14.5 Å². The lowest BCUT2D eigenvalue weighted by atomic mass is 9.87. The van der Waals surface area contributed by atoms with Crippen molar-refractivity contribution in [2.75, 3.05) is 5.73 Å². The Kier molecular flexibility index (Phi) is 5.31. The number of nitrogens with one attached hydrogen (secondary N) is 1. The molecule has 5 heteroatoms. The molecule has 1 aliphatic rings. The molecule has 1 unspecified atom stereocenters. The number of hydrogen-bond acceptors (Lipinski definition) is 2. The fourth-order valence-electron chi connectivity index (χ4n) is 3.40. The third-order valence-electron chi connectivity index (χ3n) is 4.67. The molecular formula is C20H22F2N2O. The quantitative estimate of drug-likeness (QED) is 0.804. The van der Waals surface area contributed by atoms with E-state index in [9.17, 15) is 13.6 Å². The first kappa shape index (κ1) is 17.4. The van der Waals surface area contributed by atoms with E-state index in [0.717, 1.165) is 36.6 Å². The maximum atomic E-state index is 13.2. The number of aryl methyl sites for hydroxylation is 2. The molecule has 0 saturated heterocycles. The van der Waals surface area contributed by atoms with Crippen molar-refractivity contribution >= 4 is 11.6 Å². The van der Waals surface area contributed by atoms with Gasteiger partial charge in [0.15, 0.2) is 11.6 Å². The number of nitrogens with two attached hydrogens (primary N) is 1. The number of rotatable bonds is 5. The average Bonchev–Trinajstić information content (AvgIpc) is 2.58. The fourth-order valence-corrected chi connectivity index (χ4v) is 3.40. The first-order valence-electron chi connectivity index (χ1n) is 8.64. The number of carbonyl (C=O) groups is 1. The number of amides is 1. The van der Waals surface area contributed by atoms with E-state index >= 15 is 0 Å². The maximum Gasteiger partial charge on any atom is 0.220 e. The smallest absolute Gasteiger partial charge is 0.220 e. The lowest BCUT2D eigenvalue weighted by molar-refractivity contribution is -0.122. The predicted molar refractivity (Wildman–Crippen MR) is 94.0 cm³/mol. The molecule has 2 aromatic carbocycles. The molecule has 2 aromatic rings. The molecule has 3 N–H and O–H groups in total. The van der Waals surface area contributed by atoms with Gasteiger partial charge in [-0.05, 0) is 73.1 Å². The highest BCUT2D eigenvalue weighted by atomic mass is 19.2. The molecule has 1 aliphatic carbocycles. The summed E-state index contributed by atoms with van der Waals surface area (Å²) in [6.45, 7) is 0. The SMILES string of the molecule is Nc1ccc2c(c1)CCCC2NC(=O)CCCc1ccc(F)c(F)c1. The second kappa shape index (κ2) is 7.64. The Balaban J connectivity index is 1.52. The Morgan fingerprint density at radius 3 is 2.80 bits per heavy atom. The van der Waals surface area contributed by atoms with Crippen molar-refractivity contribution in [1.29, 1.82) is 0 Å². The highest BCUT2D eigenvalue weighted by Crippen LogP contribution is 2.31. The summed E-state index contributed by atoms with van der Waals surface area (Å²) >= 11 is 0. The molecule has 3 nitrogen and oxygen atoms in total. The molecule has 1 atom stereocenters. The van der Waals surface area contributed by atoms with Crippen LogP contribution in [0.3, 0.4) is 0 Å². The van der Waals surface area contributed by atoms with Crippen molar-refractivity contribution in [2.45, 2.75) is 44.6 Å². The van der Waals surface area contributed by atoms with E-state index in [0.29, 0.717) is 24.8 Å². The van der Waals surface area contributed by atoms with Gasteiger partial charge in [-0.15, -0.1) is 0 Å². The number of halogens is 2. The summed E-state index contributed by atoms with van der Waals surface area (Å²) in [5.41, 5.74) is 9.63. The minimum absolute atomic E-state index is 0.0164. The van der Waals surface area contributed by atoms with Gasteiger partial charge in [-0.25, -0.2) is 8.78 Å². The predicted octanol–water partition coefficient (Wildman–Crippen LogP) is 4.06. The first-order chi connectivity index (χ1) is 12.0. The maximum absolute atomic E-state index is 13.2. The average molecular weight is 344 g/mol. The Bertz CT molecular complexity index is 776. The van der Waals surface area contributed by atoms with Gasteiger partial charge in [0.05, 0.1) is 6.04 Å². The van der Waals surface area contributed by atoms with Crippen molar-refractivity contribution in [1.82, 2.24) is 5.32 Å². The van der Waals surface area contributed by atoms with Crippen molar-refractivity contribution in [2.24, 2.45) is 0 Å². The molecule has 3 rings (SSSR count). The Labute approximate surface area is 146 Å². The summed E-state index contributed by atoms with van der Waals surface area (Å²) in [5, 5.41) is 3.09. The van der Waals surface area contributed by atoms with Gasteiger partial charge in [0.25, 0.3) is 0 Å². The third-order valence-corrected chi connectivity index (χ3v) is 4.67. The van der Waals surface area contributed by atoms with E-state index in [-0.39, 0.29) is 11.9 Å². The molecule has 0 radical (unpaired) electrons. The molecule has 0 aromatic heterocycles. The molecule has 0 saturated carbocycles. The summed E-state index contributed by atoms with van der Waals surface area (Å²) in [6.07, 6.45) is 4.44. The van der Waals surface area contributed by atoms with E-state index in [1.807, 2.05) is 18.2 Å². The fraction of sp³-hybridized carbons (Fsp3) is 0.350. The van der Waals surface area contributed by atoms with Crippen LogP contribution in [0, 0.1) is 11.6 Å². The van der Waals surface area contributed by atoms with Crippen LogP contribution in [0.2, 0.25) is 0 Å². The van der Waals surface area contributed by atoms with Gasteiger partial charge in [0.2, 0.25) is 5.91 Å². The lowest BCUT2D eigenvalue weighted by Gasteiger charge is -2.26. The topological polar surface area (TPSA) is 55.1 Å². The molecule has 0 heterocycles. The molecule has 25 heavy (non-hydrogen) atoms. The van der Waals surface area contributed by atoms with Crippen LogP contribution in [-0.4, -0.2) is 5.91 Å². The normalized spacial score (nSPS) is 16.3. The largest absolute Gasteiger partial charge is 0.399 e. The minimum Gasteiger partial charge on any atom is -0.399 e. The van der Waals surface area contributed by atoms with E-state index < -0.39 is 11.6 Å². The molecule has 0 spiro atoms. The van der Waals surface area contributed by atoms with Crippen LogP contribution < -0.4 is 11.1 Å². The van der Waals surface area contributed by atoms with Crippen molar-refractivity contribution < 1.29 is 13.6 Å². The molecule has 1 amide bonds. The Hall–Kier alpha value is -2.43. The van der Waals surface area contributed by atoms with Gasteiger partial charge in [0, 0.05) is 12.1 Å². The molecule has 0 bridgehead atoms. The van der Waals surface area contributed by atoms with Gasteiger partial charge >= 0.3 is 0 Å². The number of nitrogen functional groups attached to an aromatic ring is 1. The van der Waals surface area contributed by atoms with Gasteiger partial charge in [-0.2, -0.15) is 0 Å². The third kappa shape index (κ3) is 4.35. The molecule has 0 aliphatic heterocycles. The highest BCUT2D eigenvalue weighted by molar-refractivity contribution is 5.76. The number of hydrogen-bond donors (Lipinski definition) is 2. The van der Waals surface area contributed by atoms with Crippen LogP contribution in [0.5, 0.6) is 0 Å². The van der Waals surface area contributed by atoms with Gasteiger partial charge in [-0.1, -0.05) is 12.1 Å². The van der Waals surface area contributed by atoms with Gasteiger partial charge < -0.3 is 11.1 Å². The van der Waals surface area contributed by atoms with Crippen LogP contribution in [0.1, 0.15) is 48.4 Å². The zero-order chi connectivity index (χ0) is 17.8. The van der Waals surface area contributed by atoms with Gasteiger partial charge in [-0.3, -0.25) is 4.79 Å². The highest BCUT2D eigenvalue weighted by Gasteiger charge is 2.21. The second-order valence-corrected chi connectivity index (χ2v) is 6.57. The Morgan fingerprint density at radius 2 is 2.00 bits per heavy atom. The Morgan fingerprint density at radius 1 is 1.16 bits per heavy atom. The van der Waals surface area contributed by atoms with Crippen molar-refractivity contribution in [3.05, 3.63) is 64.7 Å².